The molecule has 2 aromatic rings. The average molecular weight is 410 g/mol. The molecular weight excluding hydrogens is 378 g/mol. The van der Waals surface area contributed by atoms with E-state index in [1.807, 2.05) is 29.2 Å². The molecule has 1 saturated carbocycles. The molecular formula is C25H31NO4. The second-order valence-corrected chi connectivity index (χ2v) is 8.51. The van der Waals surface area contributed by atoms with E-state index in [-0.39, 0.29) is 17.9 Å². The number of amides is 1. The molecule has 1 amide bonds. The number of carbonyl (C=O) groups excluding carboxylic acids is 1. The van der Waals surface area contributed by atoms with Gasteiger partial charge in [-0.2, -0.15) is 0 Å². The van der Waals surface area contributed by atoms with E-state index in [0.29, 0.717) is 24.8 Å². The highest BCUT2D eigenvalue weighted by Gasteiger charge is 2.39. The summed E-state index contributed by atoms with van der Waals surface area (Å²) in [5.74, 6) is 3.15. The molecule has 5 nitrogen and oxygen atoms in total. The van der Waals surface area contributed by atoms with Gasteiger partial charge in [-0.05, 0) is 66.1 Å². The second kappa shape index (κ2) is 8.58. The summed E-state index contributed by atoms with van der Waals surface area (Å²) in [6, 6.07) is 12.2. The largest absolute Gasteiger partial charge is 0.493 e. The molecule has 160 valence electrons. The molecule has 2 aliphatic rings. The number of hydrogen-bond donors (Lipinski definition) is 0. The Balaban J connectivity index is 1.61. The van der Waals surface area contributed by atoms with Gasteiger partial charge in [0, 0.05) is 12.5 Å². The quantitative estimate of drug-likeness (QED) is 0.663. The maximum atomic E-state index is 13.0. The highest BCUT2D eigenvalue weighted by Crippen LogP contribution is 2.41. The predicted molar refractivity (Wildman–Crippen MR) is 116 cm³/mol. The molecule has 0 aromatic heterocycles. The topological polar surface area (TPSA) is 48.0 Å². The van der Waals surface area contributed by atoms with Crippen molar-refractivity contribution in [1.82, 2.24) is 4.90 Å². The molecule has 5 heteroatoms. The van der Waals surface area contributed by atoms with Gasteiger partial charge in [0.1, 0.15) is 12.4 Å². The fourth-order valence-corrected chi connectivity index (χ4v) is 4.16. The van der Waals surface area contributed by atoms with Crippen LogP contribution in [-0.4, -0.2) is 38.2 Å². The van der Waals surface area contributed by atoms with Gasteiger partial charge in [-0.1, -0.05) is 26.0 Å². The van der Waals surface area contributed by atoms with Gasteiger partial charge < -0.3 is 19.1 Å². The number of rotatable bonds is 7. The Morgan fingerprint density at radius 3 is 2.33 bits per heavy atom. The normalized spacial score (nSPS) is 18.2. The Kier molecular flexibility index (Phi) is 5.89. The van der Waals surface area contributed by atoms with Crippen molar-refractivity contribution in [2.45, 2.75) is 45.1 Å². The lowest BCUT2D eigenvalue weighted by Crippen LogP contribution is -2.43. The molecule has 0 N–H and O–H groups in total. The van der Waals surface area contributed by atoms with Crippen LogP contribution in [-0.2, 0) is 11.2 Å². The molecule has 1 atom stereocenters. The van der Waals surface area contributed by atoms with Crippen molar-refractivity contribution in [3.63, 3.8) is 0 Å². The number of nitrogens with zero attached hydrogens (tertiary/aromatic N) is 1. The van der Waals surface area contributed by atoms with Crippen LogP contribution in [0, 0.1) is 5.92 Å². The van der Waals surface area contributed by atoms with E-state index < -0.39 is 0 Å². The third kappa shape index (κ3) is 4.11. The van der Waals surface area contributed by atoms with Crippen LogP contribution in [0.25, 0.3) is 0 Å². The Hall–Kier alpha value is -2.69. The van der Waals surface area contributed by atoms with Crippen LogP contribution in [0.15, 0.2) is 36.4 Å². The van der Waals surface area contributed by atoms with E-state index >= 15 is 0 Å². The summed E-state index contributed by atoms with van der Waals surface area (Å²) in [6.45, 7) is 5.48. The Morgan fingerprint density at radius 2 is 1.73 bits per heavy atom. The van der Waals surface area contributed by atoms with Crippen molar-refractivity contribution in [3.05, 3.63) is 53.1 Å². The van der Waals surface area contributed by atoms with Gasteiger partial charge >= 0.3 is 0 Å². The maximum absolute atomic E-state index is 13.0. The monoisotopic (exact) mass is 409 g/mol. The molecule has 4 rings (SSSR count). The van der Waals surface area contributed by atoms with Gasteiger partial charge in [0.2, 0.25) is 5.91 Å². The van der Waals surface area contributed by atoms with Crippen LogP contribution in [0.4, 0.5) is 0 Å². The van der Waals surface area contributed by atoms with Gasteiger partial charge in [-0.25, -0.2) is 0 Å². The van der Waals surface area contributed by atoms with Crippen LogP contribution in [0.2, 0.25) is 0 Å². The van der Waals surface area contributed by atoms with Crippen molar-refractivity contribution in [1.29, 1.82) is 0 Å². The first-order chi connectivity index (χ1) is 14.5. The number of ether oxygens (including phenoxy) is 3. The van der Waals surface area contributed by atoms with Crippen LogP contribution < -0.4 is 14.2 Å². The molecule has 1 fully saturated rings. The van der Waals surface area contributed by atoms with E-state index in [2.05, 4.69) is 26.0 Å². The first-order valence-electron chi connectivity index (χ1n) is 10.8. The molecule has 1 aliphatic carbocycles. The number of fused-ring (bicyclic) bond motifs is 1. The number of hydrogen-bond acceptors (Lipinski definition) is 4. The van der Waals surface area contributed by atoms with Crippen molar-refractivity contribution < 1.29 is 19.0 Å². The summed E-state index contributed by atoms with van der Waals surface area (Å²) in [5, 5.41) is 0. The van der Waals surface area contributed by atoms with E-state index in [1.165, 1.54) is 11.1 Å². The van der Waals surface area contributed by atoms with Crippen molar-refractivity contribution in [3.8, 4) is 17.2 Å². The summed E-state index contributed by atoms with van der Waals surface area (Å²) < 4.78 is 17.2. The molecule has 1 aliphatic heterocycles. The molecule has 0 radical (unpaired) electrons. The minimum absolute atomic E-state index is 0.133. The highest BCUT2D eigenvalue weighted by atomic mass is 16.5. The van der Waals surface area contributed by atoms with Crippen LogP contribution >= 0.6 is 0 Å². The second-order valence-electron chi connectivity index (χ2n) is 8.51. The SMILES string of the molecule is COc1cc2c(cc1OC)[C@H](COc1ccc(C(C)C)cc1)N(C(=O)C1CC1)CC2. The fraction of sp³-hybridized carbons (Fsp3) is 0.480. The van der Waals surface area contributed by atoms with Crippen LogP contribution in [0.5, 0.6) is 17.2 Å². The molecule has 0 spiro atoms. The third-order valence-corrected chi connectivity index (χ3v) is 6.17. The standard InChI is InChI=1S/C25H31NO4/c1-16(2)17-7-9-20(10-8-17)30-15-22-21-14-24(29-4)23(28-3)13-19(21)11-12-26(22)25(27)18-5-6-18/h7-10,13-14,16,18,22H,5-6,11-12,15H2,1-4H3/t22-/m0/s1. The zero-order valence-electron chi connectivity index (χ0n) is 18.3. The first kappa shape index (κ1) is 20.6. The summed E-state index contributed by atoms with van der Waals surface area (Å²) in [7, 11) is 3.29. The van der Waals surface area contributed by atoms with Gasteiger partial charge in [-0.3, -0.25) is 4.79 Å². The molecule has 0 saturated heterocycles. The average Bonchev–Trinajstić information content (AvgIpc) is 3.61. The van der Waals surface area contributed by atoms with E-state index in [9.17, 15) is 4.79 Å². The minimum Gasteiger partial charge on any atom is -0.493 e. The number of benzene rings is 2. The molecule has 1 heterocycles. The summed E-state index contributed by atoms with van der Waals surface area (Å²) >= 11 is 0. The molecule has 2 aromatic carbocycles. The zero-order chi connectivity index (χ0) is 21.3. The smallest absolute Gasteiger partial charge is 0.226 e. The van der Waals surface area contributed by atoms with Crippen molar-refractivity contribution >= 4 is 5.91 Å². The number of carbonyl (C=O) groups is 1. The summed E-state index contributed by atoms with van der Waals surface area (Å²) in [4.78, 5) is 15.0. The zero-order valence-corrected chi connectivity index (χ0v) is 18.3. The maximum Gasteiger partial charge on any atom is 0.226 e. The summed E-state index contributed by atoms with van der Waals surface area (Å²) in [5.41, 5.74) is 3.57. The third-order valence-electron chi connectivity index (χ3n) is 6.17. The molecule has 0 bridgehead atoms. The first-order valence-corrected chi connectivity index (χ1v) is 10.8. The van der Waals surface area contributed by atoms with Gasteiger partial charge in [0.25, 0.3) is 0 Å². The molecule has 0 unspecified atom stereocenters. The lowest BCUT2D eigenvalue weighted by Gasteiger charge is -2.38. The van der Waals surface area contributed by atoms with E-state index in [0.717, 1.165) is 36.3 Å². The minimum atomic E-state index is -0.133. The highest BCUT2D eigenvalue weighted by molar-refractivity contribution is 5.82. The Morgan fingerprint density at radius 1 is 1.07 bits per heavy atom. The molecule has 30 heavy (non-hydrogen) atoms. The van der Waals surface area contributed by atoms with Gasteiger partial charge in [0.15, 0.2) is 11.5 Å². The predicted octanol–water partition coefficient (Wildman–Crippen LogP) is 4.74. The number of methoxy groups -OCH3 is 2. The van der Waals surface area contributed by atoms with E-state index in [4.69, 9.17) is 14.2 Å². The van der Waals surface area contributed by atoms with Gasteiger partial charge in [0.05, 0.1) is 20.3 Å². The van der Waals surface area contributed by atoms with Crippen molar-refractivity contribution in [2.75, 3.05) is 27.4 Å². The lowest BCUT2D eigenvalue weighted by molar-refractivity contribution is -0.136. The van der Waals surface area contributed by atoms with Crippen LogP contribution in [0.1, 0.15) is 55.3 Å². The summed E-state index contributed by atoms with van der Waals surface area (Å²) in [6.07, 6.45) is 2.81. The Labute approximate surface area is 178 Å². The van der Waals surface area contributed by atoms with Crippen molar-refractivity contribution in [2.24, 2.45) is 5.92 Å². The van der Waals surface area contributed by atoms with Gasteiger partial charge in [-0.15, -0.1) is 0 Å². The van der Waals surface area contributed by atoms with E-state index in [1.54, 1.807) is 14.2 Å². The Bertz CT molecular complexity index is 902. The fourth-order valence-electron chi connectivity index (χ4n) is 4.16. The lowest BCUT2D eigenvalue weighted by atomic mass is 9.91. The van der Waals surface area contributed by atoms with Crippen LogP contribution in [0.3, 0.4) is 0 Å².